The molecule has 1 unspecified atom stereocenters. The molecule has 0 aromatic heterocycles. The lowest BCUT2D eigenvalue weighted by molar-refractivity contribution is -0.553. The highest BCUT2D eigenvalue weighted by Crippen LogP contribution is 2.26. The fraction of sp³-hybridized carbons (Fsp3) is 0.167. The van der Waals surface area contributed by atoms with E-state index in [2.05, 4.69) is 0 Å². The van der Waals surface area contributed by atoms with Crippen LogP contribution in [0.2, 0.25) is 0 Å². The van der Waals surface area contributed by atoms with Gasteiger partial charge in [0.1, 0.15) is 0 Å². The monoisotopic (exact) mass is 231 g/mol. The number of anilines is 1. The Bertz CT molecular complexity index is 505. The van der Waals surface area contributed by atoms with Gasteiger partial charge in [0.25, 0.3) is 5.66 Å². The predicted molar refractivity (Wildman–Crippen MR) is 66.5 cm³/mol. The largest absolute Gasteiger partial charge is 0.399 e. The van der Waals surface area contributed by atoms with Crippen molar-refractivity contribution in [3.63, 3.8) is 0 Å². The van der Waals surface area contributed by atoms with Gasteiger partial charge in [-0.15, -0.1) is 0 Å². The molecule has 5 nitrogen and oxygen atoms in total. The molecule has 0 saturated heterocycles. The van der Waals surface area contributed by atoms with Crippen LogP contribution in [0.1, 0.15) is 12.0 Å². The predicted octanol–water partition coefficient (Wildman–Crippen LogP) is 1.54. The first kappa shape index (κ1) is 11.3. The Balaban J connectivity index is 2.23. The first-order chi connectivity index (χ1) is 8.01. The Labute approximate surface area is 98.6 Å². The third kappa shape index (κ3) is 2.19. The summed E-state index contributed by atoms with van der Waals surface area (Å²) >= 11 is 0. The van der Waals surface area contributed by atoms with Gasteiger partial charge in [-0.2, -0.15) is 0 Å². The molecular formula is C12H13N3O2. The first-order valence-corrected chi connectivity index (χ1v) is 5.20. The zero-order chi connectivity index (χ0) is 12.5. The number of benzene rings is 1. The standard InChI is InChI=1S/C12H13N3O2/c13-11-3-1-9(2-4-11)10-5-7-12(14,8-6-10)15(16)17/h1-7H,8,13-14H2. The van der Waals surface area contributed by atoms with E-state index in [0.29, 0.717) is 5.69 Å². The van der Waals surface area contributed by atoms with Crippen molar-refractivity contribution in [2.24, 2.45) is 5.73 Å². The van der Waals surface area contributed by atoms with Gasteiger partial charge in [-0.25, -0.2) is 0 Å². The van der Waals surface area contributed by atoms with Crippen LogP contribution >= 0.6 is 0 Å². The van der Waals surface area contributed by atoms with Crippen molar-refractivity contribution in [3.05, 3.63) is 58.2 Å². The van der Waals surface area contributed by atoms with E-state index in [1.807, 2.05) is 12.1 Å². The van der Waals surface area contributed by atoms with Crippen LogP contribution in [0, 0.1) is 10.1 Å². The number of rotatable bonds is 2. The number of nitrogens with two attached hydrogens (primary N) is 2. The van der Waals surface area contributed by atoms with E-state index >= 15 is 0 Å². The average Bonchev–Trinajstić information content (AvgIpc) is 2.31. The van der Waals surface area contributed by atoms with Crippen LogP contribution in [0.15, 0.2) is 42.5 Å². The fourth-order valence-corrected chi connectivity index (χ4v) is 1.67. The summed E-state index contributed by atoms with van der Waals surface area (Å²) < 4.78 is 0. The summed E-state index contributed by atoms with van der Waals surface area (Å²) in [4.78, 5) is 10.3. The first-order valence-electron chi connectivity index (χ1n) is 5.20. The van der Waals surface area contributed by atoms with Crippen LogP contribution in [0.3, 0.4) is 0 Å². The van der Waals surface area contributed by atoms with Crippen LogP contribution in [-0.4, -0.2) is 10.6 Å². The highest BCUT2D eigenvalue weighted by molar-refractivity contribution is 5.76. The second-order valence-corrected chi connectivity index (χ2v) is 4.07. The zero-order valence-electron chi connectivity index (χ0n) is 9.17. The van der Waals surface area contributed by atoms with Gasteiger partial charge in [-0.05, 0) is 23.3 Å². The number of nitrogens with zero attached hydrogens (tertiary/aromatic N) is 1. The fourth-order valence-electron chi connectivity index (χ4n) is 1.67. The summed E-state index contributed by atoms with van der Waals surface area (Å²) in [6, 6.07) is 7.34. The Hall–Kier alpha value is -2.14. The maximum Gasteiger partial charge on any atom is 0.295 e. The minimum Gasteiger partial charge on any atom is -0.399 e. The minimum atomic E-state index is -1.47. The molecule has 2 rings (SSSR count). The normalized spacial score (nSPS) is 23.2. The minimum absolute atomic E-state index is 0.191. The summed E-state index contributed by atoms with van der Waals surface area (Å²) in [6.07, 6.45) is 5.07. The quantitative estimate of drug-likeness (QED) is 0.349. The molecule has 0 radical (unpaired) electrons. The molecule has 1 aliphatic carbocycles. The summed E-state index contributed by atoms with van der Waals surface area (Å²) in [5, 5.41) is 10.7. The van der Waals surface area contributed by atoms with Crippen molar-refractivity contribution >= 4 is 11.3 Å². The van der Waals surface area contributed by atoms with Crippen molar-refractivity contribution in [2.45, 2.75) is 12.1 Å². The highest BCUT2D eigenvalue weighted by Gasteiger charge is 2.35. The molecule has 0 spiro atoms. The van der Waals surface area contributed by atoms with Gasteiger partial charge in [0.15, 0.2) is 0 Å². The Morgan fingerprint density at radius 3 is 2.41 bits per heavy atom. The van der Waals surface area contributed by atoms with Crippen molar-refractivity contribution in [1.29, 1.82) is 0 Å². The Morgan fingerprint density at radius 2 is 1.94 bits per heavy atom. The van der Waals surface area contributed by atoms with E-state index in [1.54, 1.807) is 24.3 Å². The smallest absolute Gasteiger partial charge is 0.295 e. The molecule has 88 valence electrons. The Kier molecular flexibility index (Phi) is 2.69. The average molecular weight is 231 g/mol. The van der Waals surface area contributed by atoms with Gasteiger partial charge < -0.3 is 5.73 Å². The molecule has 1 aromatic rings. The molecule has 1 atom stereocenters. The van der Waals surface area contributed by atoms with Crippen molar-refractivity contribution in [2.75, 3.05) is 5.73 Å². The maximum absolute atomic E-state index is 10.7. The molecule has 0 amide bonds. The van der Waals surface area contributed by atoms with E-state index < -0.39 is 10.6 Å². The highest BCUT2D eigenvalue weighted by atomic mass is 16.6. The molecule has 0 aliphatic heterocycles. The number of allylic oxidation sites excluding steroid dienone is 2. The van der Waals surface area contributed by atoms with E-state index in [-0.39, 0.29) is 6.42 Å². The molecule has 0 saturated carbocycles. The van der Waals surface area contributed by atoms with E-state index in [0.717, 1.165) is 11.1 Å². The SMILES string of the molecule is Nc1ccc(C2=CCC(N)([N+](=O)[O-])C=C2)cc1. The molecule has 0 fully saturated rings. The van der Waals surface area contributed by atoms with E-state index in [1.165, 1.54) is 6.08 Å². The van der Waals surface area contributed by atoms with Gasteiger partial charge in [-0.3, -0.25) is 15.8 Å². The van der Waals surface area contributed by atoms with Crippen molar-refractivity contribution in [1.82, 2.24) is 0 Å². The lowest BCUT2D eigenvalue weighted by Crippen LogP contribution is -2.46. The maximum atomic E-state index is 10.7. The molecule has 0 heterocycles. The van der Waals surface area contributed by atoms with E-state index in [9.17, 15) is 10.1 Å². The summed E-state index contributed by atoms with van der Waals surface area (Å²) in [7, 11) is 0. The van der Waals surface area contributed by atoms with Gasteiger partial charge in [0.05, 0.1) is 6.42 Å². The molecule has 4 N–H and O–H groups in total. The van der Waals surface area contributed by atoms with Crippen LogP contribution in [0.5, 0.6) is 0 Å². The summed E-state index contributed by atoms with van der Waals surface area (Å²) in [5.41, 5.74) is 12.3. The lowest BCUT2D eigenvalue weighted by Gasteiger charge is -2.19. The van der Waals surface area contributed by atoms with Crippen molar-refractivity contribution in [3.8, 4) is 0 Å². The lowest BCUT2D eigenvalue weighted by atomic mass is 9.94. The second kappa shape index (κ2) is 4.03. The third-order valence-corrected chi connectivity index (χ3v) is 2.78. The van der Waals surface area contributed by atoms with Gasteiger partial charge in [0, 0.05) is 16.7 Å². The van der Waals surface area contributed by atoms with Crippen LogP contribution in [0.25, 0.3) is 5.57 Å². The molecular weight excluding hydrogens is 218 g/mol. The van der Waals surface area contributed by atoms with Crippen LogP contribution in [0.4, 0.5) is 5.69 Å². The Morgan fingerprint density at radius 1 is 1.29 bits per heavy atom. The molecule has 0 bridgehead atoms. The van der Waals surface area contributed by atoms with Gasteiger partial charge in [-0.1, -0.05) is 24.3 Å². The number of nitro groups is 1. The second-order valence-electron chi connectivity index (χ2n) is 4.07. The number of nitrogen functional groups attached to an aromatic ring is 1. The molecule has 1 aliphatic rings. The van der Waals surface area contributed by atoms with Crippen LogP contribution < -0.4 is 11.5 Å². The summed E-state index contributed by atoms with van der Waals surface area (Å²) in [5.74, 6) is 0. The molecule has 1 aromatic carbocycles. The summed E-state index contributed by atoms with van der Waals surface area (Å²) in [6.45, 7) is 0. The van der Waals surface area contributed by atoms with Gasteiger partial charge in [0.2, 0.25) is 0 Å². The number of hydrogen-bond donors (Lipinski definition) is 2. The molecule has 5 heteroatoms. The zero-order valence-corrected chi connectivity index (χ0v) is 9.17. The van der Waals surface area contributed by atoms with Gasteiger partial charge >= 0.3 is 0 Å². The van der Waals surface area contributed by atoms with Crippen LogP contribution in [-0.2, 0) is 0 Å². The topological polar surface area (TPSA) is 95.2 Å². The third-order valence-electron chi connectivity index (χ3n) is 2.78. The number of hydrogen-bond acceptors (Lipinski definition) is 4. The van der Waals surface area contributed by atoms with E-state index in [4.69, 9.17) is 11.5 Å². The molecule has 17 heavy (non-hydrogen) atoms. The van der Waals surface area contributed by atoms with Crippen molar-refractivity contribution < 1.29 is 4.92 Å².